The topological polar surface area (TPSA) is 32.7 Å². The Hall–Kier alpha value is -0.380. The fraction of sp³-hybridized carbons (Fsp3) is 0.818. The number of methoxy groups -OCH3 is 1. The van der Waals surface area contributed by atoms with Crippen molar-refractivity contribution in [2.75, 3.05) is 33.4 Å². The van der Waals surface area contributed by atoms with Crippen molar-refractivity contribution in [3.05, 3.63) is 11.6 Å². The second kappa shape index (κ2) is 4.01. The van der Waals surface area contributed by atoms with E-state index in [0.29, 0.717) is 13.2 Å². The molecule has 0 aromatic carbocycles. The van der Waals surface area contributed by atoms with Crippen LogP contribution in [0.15, 0.2) is 11.6 Å². The lowest BCUT2D eigenvalue weighted by molar-refractivity contribution is 0.1000. The first-order valence-corrected chi connectivity index (χ1v) is 5.33. The van der Waals surface area contributed by atoms with E-state index in [2.05, 4.69) is 11.0 Å². The van der Waals surface area contributed by atoms with Crippen LogP contribution in [0.1, 0.15) is 19.3 Å². The Morgan fingerprint density at radius 2 is 2.50 bits per heavy atom. The van der Waals surface area contributed by atoms with Crippen LogP contribution in [0.2, 0.25) is 0 Å². The quantitative estimate of drug-likeness (QED) is 0.679. The summed E-state index contributed by atoms with van der Waals surface area (Å²) in [6.45, 7) is 3.18. The van der Waals surface area contributed by atoms with Crippen LogP contribution in [0.4, 0.5) is 0 Å². The van der Waals surface area contributed by atoms with Crippen LogP contribution in [0.25, 0.3) is 0 Å². The Labute approximate surface area is 85.4 Å². The SMILES string of the molecule is COCC=C1CN2CCCC2(CO)C1. The van der Waals surface area contributed by atoms with Gasteiger partial charge in [0, 0.05) is 19.2 Å². The average molecular weight is 197 g/mol. The Bertz CT molecular complexity index is 239. The summed E-state index contributed by atoms with van der Waals surface area (Å²) in [4.78, 5) is 2.43. The number of ether oxygens (including phenoxy) is 1. The van der Waals surface area contributed by atoms with Crippen molar-refractivity contribution in [3.63, 3.8) is 0 Å². The molecule has 0 amide bonds. The van der Waals surface area contributed by atoms with E-state index in [1.54, 1.807) is 7.11 Å². The van der Waals surface area contributed by atoms with Crippen molar-refractivity contribution < 1.29 is 9.84 Å². The molecule has 2 fully saturated rings. The molecule has 80 valence electrons. The molecule has 2 saturated heterocycles. The first-order valence-electron chi connectivity index (χ1n) is 5.33. The molecule has 0 saturated carbocycles. The zero-order valence-electron chi connectivity index (χ0n) is 8.83. The lowest BCUT2D eigenvalue weighted by Crippen LogP contribution is -2.41. The smallest absolute Gasteiger partial charge is 0.0646 e. The minimum absolute atomic E-state index is 0.0829. The molecule has 1 N–H and O–H groups in total. The molecule has 3 heteroatoms. The van der Waals surface area contributed by atoms with Gasteiger partial charge < -0.3 is 9.84 Å². The lowest BCUT2D eigenvalue weighted by Gasteiger charge is -2.28. The van der Waals surface area contributed by atoms with Crippen molar-refractivity contribution in [1.82, 2.24) is 4.90 Å². The van der Waals surface area contributed by atoms with Gasteiger partial charge >= 0.3 is 0 Å². The predicted octanol–water partition coefficient (Wildman–Crippen LogP) is 0.790. The van der Waals surface area contributed by atoms with Crippen LogP contribution in [0, 0.1) is 0 Å². The fourth-order valence-corrected chi connectivity index (χ4v) is 2.74. The van der Waals surface area contributed by atoms with Gasteiger partial charge in [0.1, 0.15) is 0 Å². The molecule has 0 bridgehead atoms. The van der Waals surface area contributed by atoms with E-state index in [-0.39, 0.29) is 5.54 Å². The minimum Gasteiger partial charge on any atom is -0.394 e. The Morgan fingerprint density at radius 3 is 3.14 bits per heavy atom. The van der Waals surface area contributed by atoms with Gasteiger partial charge in [-0.3, -0.25) is 4.90 Å². The first kappa shape index (κ1) is 10.1. The van der Waals surface area contributed by atoms with E-state index >= 15 is 0 Å². The van der Waals surface area contributed by atoms with Crippen LogP contribution >= 0.6 is 0 Å². The van der Waals surface area contributed by atoms with Crippen LogP contribution in [0.3, 0.4) is 0 Å². The molecule has 0 aromatic heterocycles. The van der Waals surface area contributed by atoms with Gasteiger partial charge in [-0.15, -0.1) is 0 Å². The van der Waals surface area contributed by atoms with Crippen LogP contribution in [-0.2, 0) is 4.74 Å². The maximum atomic E-state index is 9.47. The van der Waals surface area contributed by atoms with Gasteiger partial charge in [-0.2, -0.15) is 0 Å². The van der Waals surface area contributed by atoms with E-state index in [9.17, 15) is 5.11 Å². The standard InChI is InChI=1S/C11H19NO2/c1-14-6-3-10-7-11(9-13)4-2-5-12(11)8-10/h3,13H,2,4-9H2,1H3. The van der Waals surface area contributed by atoms with Crippen molar-refractivity contribution in [1.29, 1.82) is 0 Å². The molecule has 1 atom stereocenters. The van der Waals surface area contributed by atoms with Crippen LogP contribution in [0.5, 0.6) is 0 Å². The number of aliphatic hydroxyl groups excluding tert-OH is 1. The monoisotopic (exact) mass is 197 g/mol. The summed E-state index contributed by atoms with van der Waals surface area (Å²) in [7, 11) is 1.72. The summed E-state index contributed by atoms with van der Waals surface area (Å²) in [5, 5.41) is 9.47. The lowest BCUT2D eigenvalue weighted by atomic mass is 9.93. The number of aliphatic hydroxyl groups is 1. The molecule has 0 aliphatic carbocycles. The van der Waals surface area contributed by atoms with Crippen molar-refractivity contribution >= 4 is 0 Å². The first-order chi connectivity index (χ1) is 6.80. The molecule has 2 aliphatic heterocycles. The molecule has 2 aliphatic rings. The highest BCUT2D eigenvalue weighted by Gasteiger charge is 2.45. The molecule has 3 nitrogen and oxygen atoms in total. The number of hydrogen-bond acceptors (Lipinski definition) is 3. The zero-order chi connectivity index (χ0) is 10.0. The molecular weight excluding hydrogens is 178 g/mol. The largest absolute Gasteiger partial charge is 0.394 e. The molecule has 2 heterocycles. The summed E-state index contributed by atoms with van der Waals surface area (Å²) in [5.41, 5.74) is 1.51. The highest BCUT2D eigenvalue weighted by Crippen LogP contribution is 2.40. The summed E-state index contributed by atoms with van der Waals surface area (Å²) in [6.07, 6.45) is 5.58. The van der Waals surface area contributed by atoms with Crippen molar-refractivity contribution in [2.45, 2.75) is 24.8 Å². The van der Waals surface area contributed by atoms with E-state index in [1.165, 1.54) is 12.0 Å². The van der Waals surface area contributed by atoms with Gasteiger partial charge in [0.2, 0.25) is 0 Å². The van der Waals surface area contributed by atoms with Gasteiger partial charge in [-0.05, 0) is 25.8 Å². The maximum Gasteiger partial charge on any atom is 0.0646 e. The van der Waals surface area contributed by atoms with E-state index in [4.69, 9.17) is 4.74 Å². The second-order valence-electron chi connectivity index (χ2n) is 4.40. The Balaban J connectivity index is 2.05. The molecule has 0 aromatic rings. The van der Waals surface area contributed by atoms with Gasteiger partial charge in [0.15, 0.2) is 0 Å². The molecule has 0 radical (unpaired) electrons. The van der Waals surface area contributed by atoms with Crippen LogP contribution in [-0.4, -0.2) is 49.0 Å². The number of hydrogen-bond donors (Lipinski definition) is 1. The third-order valence-electron chi connectivity index (χ3n) is 3.52. The van der Waals surface area contributed by atoms with Crippen molar-refractivity contribution in [3.8, 4) is 0 Å². The van der Waals surface area contributed by atoms with Gasteiger partial charge in [0.25, 0.3) is 0 Å². The molecule has 0 spiro atoms. The summed E-state index contributed by atoms with van der Waals surface area (Å²) < 4.78 is 5.04. The number of nitrogens with zero attached hydrogens (tertiary/aromatic N) is 1. The van der Waals surface area contributed by atoms with Gasteiger partial charge in [-0.25, -0.2) is 0 Å². The average Bonchev–Trinajstić information content (AvgIpc) is 2.70. The minimum atomic E-state index is 0.0829. The third-order valence-corrected chi connectivity index (χ3v) is 3.52. The summed E-state index contributed by atoms with van der Waals surface area (Å²) in [6, 6.07) is 0. The zero-order valence-corrected chi connectivity index (χ0v) is 8.83. The predicted molar refractivity (Wildman–Crippen MR) is 55.2 cm³/mol. The van der Waals surface area contributed by atoms with E-state index in [0.717, 1.165) is 25.9 Å². The number of fused-ring (bicyclic) bond motifs is 1. The highest BCUT2D eigenvalue weighted by atomic mass is 16.5. The maximum absolute atomic E-state index is 9.47. The Kier molecular flexibility index (Phi) is 2.91. The molecule has 1 unspecified atom stereocenters. The van der Waals surface area contributed by atoms with Gasteiger partial charge in [0.05, 0.1) is 13.2 Å². The fourth-order valence-electron chi connectivity index (χ4n) is 2.74. The second-order valence-corrected chi connectivity index (χ2v) is 4.40. The third kappa shape index (κ3) is 1.60. The molecule has 2 rings (SSSR count). The summed E-state index contributed by atoms with van der Waals surface area (Å²) >= 11 is 0. The number of rotatable bonds is 3. The summed E-state index contributed by atoms with van der Waals surface area (Å²) in [5.74, 6) is 0. The molecular formula is C11H19NO2. The Morgan fingerprint density at radius 1 is 1.64 bits per heavy atom. The van der Waals surface area contributed by atoms with E-state index < -0.39 is 0 Å². The highest BCUT2D eigenvalue weighted by molar-refractivity contribution is 5.20. The van der Waals surface area contributed by atoms with Crippen molar-refractivity contribution in [2.24, 2.45) is 0 Å². The normalized spacial score (nSPS) is 35.4. The van der Waals surface area contributed by atoms with Gasteiger partial charge in [-0.1, -0.05) is 11.6 Å². The van der Waals surface area contributed by atoms with Crippen LogP contribution < -0.4 is 0 Å². The van der Waals surface area contributed by atoms with E-state index in [1.807, 2.05) is 0 Å². The molecule has 14 heavy (non-hydrogen) atoms.